The molecule has 4 nitrogen and oxygen atoms in total. The number of hydrogen-bond acceptors (Lipinski definition) is 3. The molecule has 0 aromatic carbocycles. The highest BCUT2D eigenvalue weighted by Crippen LogP contribution is 2.44. The lowest BCUT2D eigenvalue weighted by Crippen LogP contribution is -2.51. The second-order valence-corrected chi connectivity index (χ2v) is 6.33. The van der Waals surface area contributed by atoms with Crippen LogP contribution in [0.3, 0.4) is 0 Å². The molecule has 1 aliphatic carbocycles. The van der Waals surface area contributed by atoms with Gasteiger partial charge in [0.15, 0.2) is 6.10 Å². The van der Waals surface area contributed by atoms with Gasteiger partial charge in [-0.2, -0.15) is 5.26 Å². The minimum absolute atomic E-state index is 0.161. The van der Waals surface area contributed by atoms with Crippen molar-refractivity contribution in [3.05, 3.63) is 0 Å². The highest BCUT2D eigenvalue weighted by Gasteiger charge is 2.44. The quantitative estimate of drug-likeness (QED) is 0.786. The Kier molecular flexibility index (Phi) is 4.46. The molecule has 2 rings (SSSR count). The molecule has 0 aromatic rings. The molecule has 1 atom stereocenters. The van der Waals surface area contributed by atoms with Crippen LogP contribution < -0.4 is 0 Å². The van der Waals surface area contributed by atoms with E-state index in [-0.39, 0.29) is 11.3 Å². The van der Waals surface area contributed by atoms with Crippen LogP contribution in [-0.4, -0.2) is 36.6 Å². The van der Waals surface area contributed by atoms with E-state index in [1.54, 1.807) is 0 Å². The first-order valence-corrected chi connectivity index (χ1v) is 7.38. The predicted molar refractivity (Wildman–Crippen MR) is 72.3 cm³/mol. The summed E-state index contributed by atoms with van der Waals surface area (Å²) >= 11 is 0. The number of carbonyl (C=O) groups is 1. The van der Waals surface area contributed by atoms with Gasteiger partial charge in [-0.25, -0.2) is 0 Å². The fourth-order valence-electron chi connectivity index (χ4n) is 3.59. The number of nitriles is 1. The molecule has 0 N–H and O–H groups in total. The summed E-state index contributed by atoms with van der Waals surface area (Å²) in [4.78, 5) is 14.7. The Bertz CT molecular complexity index is 367. The number of rotatable bonds is 3. The first-order chi connectivity index (χ1) is 9.07. The summed E-state index contributed by atoms with van der Waals surface area (Å²) in [5, 5.41) is 8.95. The molecule has 4 heteroatoms. The summed E-state index contributed by atoms with van der Waals surface area (Å²) in [5.41, 5.74) is -0.161. The molecule has 1 aliphatic heterocycles. The van der Waals surface area contributed by atoms with E-state index >= 15 is 0 Å². The number of carbonyl (C=O) groups excluding carboxylic acids is 1. The third kappa shape index (κ3) is 3.09. The summed E-state index contributed by atoms with van der Waals surface area (Å²) < 4.78 is 5.33. The average Bonchev–Trinajstić information content (AvgIpc) is 2.86. The minimum atomic E-state index is -0.449. The van der Waals surface area contributed by atoms with Gasteiger partial charge >= 0.3 is 0 Å². The first-order valence-electron chi connectivity index (χ1n) is 7.38. The fourth-order valence-corrected chi connectivity index (χ4v) is 3.59. The summed E-state index contributed by atoms with van der Waals surface area (Å²) in [6.45, 7) is 5.93. The molecule has 0 bridgehead atoms. The van der Waals surface area contributed by atoms with Crippen molar-refractivity contribution >= 4 is 5.91 Å². The van der Waals surface area contributed by atoms with Gasteiger partial charge in [0, 0.05) is 12.0 Å². The lowest BCUT2D eigenvalue weighted by atomic mass is 9.77. The molecule has 1 amide bonds. The van der Waals surface area contributed by atoms with Crippen LogP contribution in [0.2, 0.25) is 0 Å². The largest absolute Gasteiger partial charge is 0.360 e. The topological polar surface area (TPSA) is 53.3 Å². The third-order valence-corrected chi connectivity index (χ3v) is 4.31. The van der Waals surface area contributed by atoms with Crippen LogP contribution in [0.5, 0.6) is 0 Å². The van der Waals surface area contributed by atoms with E-state index in [0.717, 1.165) is 32.1 Å². The average molecular weight is 264 g/mol. The van der Waals surface area contributed by atoms with E-state index in [1.807, 2.05) is 4.90 Å². The lowest BCUT2D eigenvalue weighted by molar-refractivity contribution is -0.148. The summed E-state index contributed by atoms with van der Waals surface area (Å²) in [6.07, 6.45) is 4.86. The molecule has 0 aromatic heterocycles. The van der Waals surface area contributed by atoms with E-state index in [2.05, 4.69) is 19.9 Å². The van der Waals surface area contributed by atoms with Gasteiger partial charge in [0.05, 0.1) is 19.2 Å². The molecule has 19 heavy (non-hydrogen) atoms. The molecule has 0 spiro atoms. The molecule has 2 aliphatic rings. The van der Waals surface area contributed by atoms with E-state index < -0.39 is 6.10 Å². The van der Waals surface area contributed by atoms with Gasteiger partial charge in [0.2, 0.25) is 5.91 Å². The molecule has 1 heterocycles. The highest BCUT2D eigenvalue weighted by atomic mass is 16.5. The van der Waals surface area contributed by atoms with Crippen molar-refractivity contribution in [3.63, 3.8) is 0 Å². The van der Waals surface area contributed by atoms with Crippen LogP contribution in [0.1, 0.15) is 46.0 Å². The van der Waals surface area contributed by atoms with Crippen LogP contribution in [0, 0.1) is 22.7 Å². The van der Waals surface area contributed by atoms with E-state index in [4.69, 9.17) is 10.00 Å². The van der Waals surface area contributed by atoms with Gasteiger partial charge in [-0.3, -0.25) is 4.79 Å². The molecule has 0 radical (unpaired) electrons. The van der Waals surface area contributed by atoms with Gasteiger partial charge in [0.25, 0.3) is 0 Å². The van der Waals surface area contributed by atoms with Crippen LogP contribution in [-0.2, 0) is 9.53 Å². The minimum Gasteiger partial charge on any atom is -0.360 e. The number of ether oxygens (including phenoxy) is 1. The maximum Gasteiger partial charge on any atom is 0.229 e. The van der Waals surface area contributed by atoms with Crippen LogP contribution in [0.4, 0.5) is 0 Å². The Morgan fingerprint density at radius 2 is 2.16 bits per heavy atom. The van der Waals surface area contributed by atoms with E-state index in [9.17, 15) is 4.79 Å². The Labute approximate surface area is 115 Å². The normalized spacial score (nSPS) is 26.4. The van der Waals surface area contributed by atoms with Gasteiger partial charge in [-0.05, 0) is 25.2 Å². The van der Waals surface area contributed by atoms with Crippen LogP contribution in [0.25, 0.3) is 0 Å². The molecule has 1 saturated carbocycles. The van der Waals surface area contributed by atoms with Crippen molar-refractivity contribution < 1.29 is 9.53 Å². The van der Waals surface area contributed by atoms with Gasteiger partial charge < -0.3 is 9.64 Å². The second-order valence-electron chi connectivity index (χ2n) is 6.33. The number of amides is 1. The fraction of sp³-hybridized carbons (Fsp3) is 0.867. The SMILES string of the molecule is CC(C)CC1(C(=O)N2CCOC(C#N)C2)CCCC1. The Morgan fingerprint density at radius 1 is 1.47 bits per heavy atom. The first kappa shape index (κ1) is 14.3. The lowest BCUT2D eigenvalue weighted by Gasteiger charge is -2.38. The van der Waals surface area contributed by atoms with Crippen LogP contribution in [0.15, 0.2) is 0 Å². The summed E-state index contributed by atoms with van der Waals surface area (Å²) in [6, 6.07) is 2.12. The summed E-state index contributed by atoms with van der Waals surface area (Å²) in [7, 11) is 0. The van der Waals surface area contributed by atoms with Gasteiger partial charge in [-0.15, -0.1) is 0 Å². The van der Waals surface area contributed by atoms with Crippen LogP contribution >= 0.6 is 0 Å². The Balaban J connectivity index is 2.09. The van der Waals surface area contributed by atoms with E-state index in [1.165, 1.54) is 0 Å². The highest BCUT2D eigenvalue weighted by molar-refractivity contribution is 5.83. The number of hydrogen-bond donors (Lipinski definition) is 0. The standard InChI is InChI=1S/C15H24N2O2/c1-12(2)9-15(5-3-4-6-15)14(18)17-7-8-19-13(10-16)11-17/h12-13H,3-9,11H2,1-2H3. The molecular weight excluding hydrogens is 240 g/mol. The van der Waals surface area contributed by atoms with Crippen molar-refractivity contribution in [2.45, 2.75) is 52.1 Å². The zero-order valence-corrected chi connectivity index (χ0v) is 12.0. The summed E-state index contributed by atoms with van der Waals surface area (Å²) in [5.74, 6) is 0.803. The van der Waals surface area contributed by atoms with Crippen molar-refractivity contribution in [2.75, 3.05) is 19.7 Å². The number of morpholine rings is 1. The zero-order chi connectivity index (χ0) is 13.9. The van der Waals surface area contributed by atoms with E-state index in [0.29, 0.717) is 25.6 Å². The molecular formula is C15H24N2O2. The van der Waals surface area contributed by atoms with Gasteiger partial charge in [0.1, 0.15) is 0 Å². The third-order valence-electron chi connectivity index (χ3n) is 4.31. The van der Waals surface area contributed by atoms with Crippen molar-refractivity contribution in [1.29, 1.82) is 5.26 Å². The maximum atomic E-state index is 12.9. The molecule has 1 unspecified atom stereocenters. The smallest absolute Gasteiger partial charge is 0.229 e. The van der Waals surface area contributed by atoms with Crippen molar-refractivity contribution in [3.8, 4) is 6.07 Å². The predicted octanol–water partition coefficient (Wildman–Crippen LogP) is 2.34. The maximum absolute atomic E-state index is 12.9. The zero-order valence-electron chi connectivity index (χ0n) is 12.0. The second kappa shape index (κ2) is 5.92. The van der Waals surface area contributed by atoms with Gasteiger partial charge in [-0.1, -0.05) is 26.7 Å². The van der Waals surface area contributed by atoms with Crippen molar-refractivity contribution in [1.82, 2.24) is 4.90 Å². The van der Waals surface area contributed by atoms with Crippen molar-refractivity contribution in [2.24, 2.45) is 11.3 Å². The number of nitrogens with zero attached hydrogens (tertiary/aromatic N) is 2. The molecule has 2 fully saturated rings. The Morgan fingerprint density at radius 3 is 2.74 bits per heavy atom. The molecule has 106 valence electrons. The molecule has 1 saturated heterocycles. The monoisotopic (exact) mass is 264 g/mol. The Hall–Kier alpha value is -1.08.